The van der Waals surface area contributed by atoms with Crippen LogP contribution < -0.4 is 0 Å². The van der Waals surface area contributed by atoms with Crippen molar-refractivity contribution >= 4 is 9.84 Å². The van der Waals surface area contributed by atoms with Crippen molar-refractivity contribution in [2.24, 2.45) is 0 Å². The number of tetrazole rings is 1. The first-order chi connectivity index (χ1) is 10.1. The molecule has 8 heteroatoms. The molecule has 0 amide bonds. The molecule has 1 saturated carbocycles. The largest absolute Gasteiger partial charge is 0.289 e. The van der Waals surface area contributed by atoms with Gasteiger partial charge >= 0.3 is 0 Å². The fourth-order valence-corrected chi connectivity index (χ4v) is 4.12. The number of halogens is 1. The number of hydrogen-bond donors (Lipinski definition) is 0. The first-order valence-corrected chi connectivity index (χ1v) is 8.42. The Labute approximate surface area is 121 Å². The van der Waals surface area contributed by atoms with Crippen LogP contribution >= 0.6 is 0 Å². The van der Waals surface area contributed by atoms with Crippen LogP contribution in [0.4, 0.5) is 4.39 Å². The predicted molar refractivity (Wildman–Crippen MR) is 73.2 cm³/mol. The standard InChI is InChI=1S/C13H15FN4O2S/c14-10-6-8-11(9-7-10)18-16-13(15-17-18)21(19,20)12-4-2-1-3-5-12/h6-9,12H,1-5H2. The van der Waals surface area contributed by atoms with Gasteiger partial charge in [0, 0.05) is 0 Å². The number of hydrogen-bond acceptors (Lipinski definition) is 5. The molecule has 6 nitrogen and oxygen atoms in total. The highest BCUT2D eigenvalue weighted by Gasteiger charge is 2.32. The Morgan fingerprint density at radius 3 is 2.43 bits per heavy atom. The van der Waals surface area contributed by atoms with E-state index in [-0.39, 0.29) is 11.0 Å². The zero-order valence-corrected chi connectivity index (χ0v) is 12.1. The summed E-state index contributed by atoms with van der Waals surface area (Å²) in [6, 6.07) is 5.45. The fraction of sp³-hybridized carbons (Fsp3) is 0.462. The fourth-order valence-electron chi connectivity index (χ4n) is 2.52. The molecular weight excluding hydrogens is 295 g/mol. The van der Waals surface area contributed by atoms with E-state index in [0.717, 1.165) is 24.1 Å². The van der Waals surface area contributed by atoms with Crippen LogP contribution in [0, 0.1) is 5.82 Å². The molecule has 1 aliphatic carbocycles. The molecule has 112 valence electrons. The molecule has 0 aliphatic heterocycles. The summed E-state index contributed by atoms with van der Waals surface area (Å²) in [7, 11) is -3.54. The summed E-state index contributed by atoms with van der Waals surface area (Å²) in [5.41, 5.74) is 0.467. The van der Waals surface area contributed by atoms with E-state index in [9.17, 15) is 12.8 Å². The molecule has 1 aliphatic rings. The van der Waals surface area contributed by atoms with Gasteiger partial charge in [-0.25, -0.2) is 12.8 Å². The van der Waals surface area contributed by atoms with Gasteiger partial charge in [-0.15, -0.1) is 9.90 Å². The normalized spacial score (nSPS) is 17.0. The van der Waals surface area contributed by atoms with Crippen molar-refractivity contribution in [3.8, 4) is 5.69 Å². The van der Waals surface area contributed by atoms with Crippen molar-refractivity contribution in [2.75, 3.05) is 0 Å². The van der Waals surface area contributed by atoms with Crippen LogP contribution in [0.25, 0.3) is 5.69 Å². The molecule has 0 spiro atoms. The van der Waals surface area contributed by atoms with Crippen molar-refractivity contribution in [3.05, 3.63) is 30.1 Å². The Hall–Kier alpha value is -1.83. The van der Waals surface area contributed by atoms with Crippen molar-refractivity contribution in [1.82, 2.24) is 20.2 Å². The molecule has 3 rings (SSSR count). The highest BCUT2D eigenvalue weighted by atomic mass is 32.2. The summed E-state index contributed by atoms with van der Waals surface area (Å²) < 4.78 is 37.8. The first-order valence-electron chi connectivity index (χ1n) is 6.87. The number of aromatic nitrogens is 4. The van der Waals surface area contributed by atoms with Gasteiger partial charge in [0.25, 0.3) is 5.16 Å². The second-order valence-electron chi connectivity index (χ2n) is 5.14. The van der Waals surface area contributed by atoms with E-state index in [1.165, 1.54) is 24.3 Å². The van der Waals surface area contributed by atoms with Crippen molar-refractivity contribution in [1.29, 1.82) is 0 Å². The zero-order chi connectivity index (χ0) is 14.9. The molecule has 0 N–H and O–H groups in total. The topological polar surface area (TPSA) is 77.7 Å². The molecule has 0 unspecified atom stereocenters. The summed E-state index contributed by atoms with van der Waals surface area (Å²) in [5.74, 6) is -0.381. The lowest BCUT2D eigenvalue weighted by molar-refractivity contribution is 0.480. The third-order valence-electron chi connectivity index (χ3n) is 3.70. The van der Waals surface area contributed by atoms with E-state index in [0.29, 0.717) is 18.5 Å². The monoisotopic (exact) mass is 310 g/mol. The third kappa shape index (κ3) is 2.80. The molecule has 21 heavy (non-hydrogen) atoms. The number of nitrogens with zero attached hydrogens (tertiary/aromatic N) is 4. The molecule has 1 heterocycles. The SMILES string of the molecule is O=S(=O)(c1nnn(-c2ccc(F)cc2)n1)C1CCCCC1. The van der Waals surface area contributed by atoms with Crippen LogP contribution in [-0.2, 0) is 9.84 Å². The predicted octanol–water partition coefficient (Wildman–Crippen LogP) is 1.91. The molecule has 0 radical (unpaired) electrons. The van der Waals surface area contributed by atoms with Crippen LogP contribution in [0.15, 0.2) is 29.4 Å². The van der Waals surface area contributed by atoms with Gasteiger partial charge in [0.1, 0.15) is 5.82 Å². The lowest BCUT2D eigenvalue weighted by Crippen LogP contribution is -2.25. The van der Waals surface area contributed by atoms with E-state index in [4.69, 9.17) is 0 Å². The molecule has 1 fully saturated rings. The average molecular weight is 310 g/mol. The van der Waals surface area contributed by atoms with Crippen LogP contribution in [0.1, 0.15) is 32.1 Å². The summed E-state index contributed by atoms with van der Waals surface area (Å²) in [5, 5.41) is 10.7. The zero-order valence-electron chi connectivity index (χ0n) is 11.3. The van der Waals surface area contributed by atoms with Crippen molar-refractivity contribution in [3.63, 3.8) is 0 Å². The minimum Gasteiger partial charge on any atom is -0.220 e. The van der Waals surface area contributed by atoms with Crippen LogP contribution in [0.3, 0.4) is 0 Å². The van der Waals surface area contributed by atoms with E-state index >= 15 is 0 Å². The quantitative estimate of drug-likeness (QED) is 0.865. The van der Waals surface area contributed by atoms with Crippen LogP contribution in [0.5, 0.6) is 0 Å². The molecule has 0 atom stereocenters. The Bertz CT molecular complexity index is 721. The van der Waals surface area contributed by atoms with Gasteiger partial charge in [0.15, 0.2) is 0 Å². The van der Waals surface area contributed by atoms with Gasteiger partial charge in [-0.2, -0.15) is 0 Å². The van der Waals surface area contributed by atoms with Crippen molar-refractivity contribution < 1.29 is 12.8 Å². The van der Waals surface area contributed by atoms with E-state index in [1.807, 2.05) is 0 Å². The summed E-state index contributed by atoms with van der Waals surface area (Å²) in [4.78, 5) is 1.11. The molecular formula is C13H15FN4O2S. The maximum atomic E-state index is 12.9. The minimum absolute atomic E-state index is 0.251. The number of rotatable bonds is 3. The maximum absolute atomic E-state index is 12.9. The Morgan fingerprint density at radius 2 is 1.76 bits per heavy atom. The van der Waals surface area contributed by atoms with Crippen LogP contribution in [-0.4, -0.2) is 33.9 Å². The van der Waals surface area contributed by atoms with Gasteiger partial charge in [-0.1, -0.05) is 24.4 Å². The van der Waals surface area contributed by atoms with Gasteiger partial charge in [-0.3, -0.25) is 0 Å². The van der Waals surface area contributed by atoms with E-state index in [2.05, 4.69) is 15.4 Å². The first kappa shape index (κ1) is 14.1. The third-order valence-corrected chi connectivity index (χ3v) is 5.72. The molecule has 1 aromatic heterocycles. The average Bonchev–Trinajstić information content (AvgIpc) is 2.99. The second-order valence-corrected chi connectivity index (χ2v) is 7.26. The van der Waals surface area contributed by atoms with Gasteiger partial charge < -0.3 is 0 Å². The maximum Gasteiger partial charge on any atom is 0.289 e. The summed E-state index contributed by atoms with van der Waals surface area (Å²) >= 11 is 0. The molecule has 0 saturated heterocycles. The van der Waals surface area contributed by atoms with Gasteiger partial charge in [0.05, 0.1) is 10.9 Å². The van der Waals surface area contributed by atoms with Gasteiger partial charge in [0.2, 0.25) is 9.84 Å². The van der Waals surface area contributed by atoms with Crippen LogP contribution in [0.2, 0.25) is 0 Å². The highest BCUT2D eigenvalue weighted by Crippen LogP contribution is 2.26. The molecule has 1 aromatic carbocycles. The second kappa shape index (κ2) is 5.51. The Balaban J connectivity index is 1.88. The summed E-state index contributed by atoms with van der Waals surface area (Å²) in [6.45, 7) is 0. The van der Waals surface area contributed by atoms with Gasteiger partial charge in [-0.05, 0) is 42.3 Å². The highest BCUT2D eigenvalue weighted by molar-refractivity contribution is 7.91. The van der Waals surface area contributed by atoms with E-state index in [1.54, 1.807) is 0 Å². The lowest BCUT2D eigenvalue weighted by Gasteiger charge is -2.19. The van der Waals surface area contributed by atoms with Crippen molar-refractivity contribution in [2.45, 2.75) is 42.5 Å². The Kier molecular flexibility index (Phi) is 3.71. The van der Waals surface area contributed by atoms with E-state index < -0.39 is 15.1 Å². The lowest BCUT2D eigenvalue weighted by atomic mass is 10.0. The molecule has 2 aromatic rings. The minimum atomic E-state index is -3.54. The molecule has 0 bridgehead atoms. The number of benzene rings is 1. The summed E-state index contributed by atoms with van der Waals surface area (Å²) in [6.07, 6.45) is 4.19. The smallest absolute Gasteiger partial charge is 0.220 e. The number of sulfone groups is 1. The Morgan fingerprint density at radius 1 is 1.10 bits per heavy atom.